The molecular weight excluding hydrogens is 210 g/mol. The van der Waals surface area contributed by atoms with E-state index in [4.69, 9.17) is 4.74 Å². The average Bonchev–Trinajstić information content (AvgIpc) is 2.29. The largest absolute Gasteiger partial charge is 0.469 e. The van der Waals surface area contributed by atoms with Crippen LogP contribution in [0.25, 0.3) is 0 Å². The van der Waals surface area contributed by atoms with Crippen molar-refractivity contribution >= 4 is 17.7 Å². The van der Waals surface area contributed by atoms with Gasteiger partial charge in [-0.05, 0) is 44.4 Å². The maximum absolute atomic E-state index is 11.4. The Morgan fingerprint density at radius 2 is 2.40 bits per heavy atom. The lowest BCUT2D eigenvalue weighted by Gasteiger charge is -2.31. The van der Waals surface area contributed by atoms with Crippen LogP contribution in [0.3, 0.4) is 0 Å². The maximum atomic E-state index is 11.4. The molecule has 1 aliphatic heterocycles. The van der Waals surface area contributed by atoms with Gasteiger partial charge in [0.15, 0.2) is 0 Å². The molecule has 0 amide bonds. The molecule has 1 aliphatic rings. The molecule has 1 atom stereocenters. The number of esters is 1. The van der Waals surface area contributed by atoms with Gasteiger partial charge in [-0.2, -0.15) is 11.8 Å². The Morgan fingerprint density at radius 3 is 3.07 bits per heavy atom. The summed E-state index contributed by atoms with van der Waals surface area (Å²) in [7, 11) is 1.48. The molecule has 0 bridgehead atoms. The van der Waals surface area contributed by atoms with E-state index in [2.05, 4.69) is 11.2 Å². The number of piperidine rings is 1. The molecule has 0 aromatic rings. The highest BCUT2D eigenvalue weighted by molar-refractivity contribution is 7.98. The van der Waals surface area contributed by atoms with E-state index in [1.165, 1.54) is 19.3 Å². The van der Waals surface area contributed by atoms with E-state index < -0.39 is 0 Å². The zero-order chi connectivity index (χ0) is 11.1. The molecule has 0 aliphatic carbocycles. The van der Waals surface area contributed by atoms with Crippen LogP contribution in [0.5, 0.6) is 0 Å². The fourth-order valence-corrected chi connectivity index (χ4v) is 2.47. The summed E-state index contributed by atoms with van der Waals surface area (Å²) in [5, 5.41) is 0. The van der Waals surface area contributed by atoms with Crippen LogP contribution < -0.4 is 0 Å². The number of thioether (sulfide) groups is 1. The van der Waals surface area contributed by atoms with Gasteiger partial charge in [-0.25, -0.2) is 0 Å². The SMILES string of the molecule is COC(=O)C1CCCN(CCCSC)C1. The standard InChI is InChI=1S/C11H21NO2S/c1-14-11(13)10-5-3-6-12(9-10)7-4-8-15-2/h10H,3-9H2,1-2H3. The number of rotatable bonds is 5. The van der Waals surface area contributed by atoms with Crippen LogP contribution in [-0.2, 0) is 9.53 Å². The van der Waals surface area contributed by atoms with Crippen molar-refractivity contribution in [2.75, 3.05) is 38.8 Å². The highest BCUT2D eigenvalue weighted by Crippen LogP contribution is 2.17. The van der Waals surface area contributed by atoms with E-state index in [-0.39, 0.29) is 11.9 Å². The lowest BCUT2D eigenvalue weighted by molar-refractivity contribution is -0.147. The molecule has 0 spiro atoms. The predicted octanol–water partition coefficient (Wildman–Crippen LogP) is 1.62. The molecule has 1 rings (SSSR count). The number of carbonyl (C=O) groups is 1. The van der Waals surface area contributed by atoms with Crippen LogP contribution in [-0.4, -0.2) is 49.6 Å². The molecule has 1 fully saturated rings. The molecule has 1 heterocycles. The van der Waals surface area contributed by atoms with Crippen LogP contribution in [0, 0.1) is 5.92 Å². The summed E-state index contributed by atoms with van der Waals surface area (Å²) in [5.74, 6) is 1.28. The second-order valence-corrected chi connectivity index (χ2v) is 4.99. The first kappa shape index (κ1) is 12.8. The highest BCUT2D eigenvalue weighted by atomic mass is 32.2. The molecule has 15 heavy (non-hydrogen) atoms. The summed E-state index contributed by atoms with van der Waals surface area (Å²) < 4.78 is 4.79. The van der Waals surface area contributed by atoms with E-state index in [0.717, 1.165) is 32.5 Å². The molecule has 88 valence electrons. The maximum Gasteiger partial charge on any atom is 0.309 e. The van der Waals surface area contributed by atoms with Crippen LogP contribution in [0.1, 0.15) is 19.3 Å². The van der Waals surface area contributed by atoms with E-state index in [1.807, 2.05) is 11.8 Å². The van der Waals surface area contributed by atoms with Crippen LogP contribution in [0.15, 0.2) is 0 Å². The van der Waals surface area contributed by atoms with Gasteiger partial charge in [0, 0.05) is 6.54 Å². The quantitative estimate of drug-likeness (QED) is 0.531. The van der Waals surface area contributed by atoms with Crippen molar-refractivity contribution in [3.8, 4) is 0 Å². The lowest BCUT2D eigenvalue weighted by atomic mass is 9.98. The number of carbonyl (C=O) groups excluding carboxylic acids is 1. The first-order valence-electron chi connectivity index (χ1n) is 5.57. The molecule has 0 N–H and O–H groups in total. The normalized spacial score (nSPS) is 22.7. The van der Waals surface area contributed by atoms with Gasteiger partial charge in [-0.15, -0.1) is 0 Å². The summed E-state index contributed by atoms with van der Waals surface area (Å²) in [5.41, 5.74) is 0. The van der Waals surface area contributed by atoms with Crippen molar-refractivity contribution in [1.29, 1.82) is 0 Å². The number of hydrogen-bond donors (Lipinski definition) is 0. The average molecular weight is 231 g/mol. The van der Waals surface area contributed by atoms with Gasteiger partial charge in [-0.1, -0.05) is 0 Å². The molecule has 1 saturated heterocycles. The van der Waals surface area contributed by atoms with Crippen LogP contribution in [0.2, 0.25) is 0 Å². The number of methoxy groups -OCH3 is 1. The van der Waals surface area contributed by atoms with Crippen molar-refractivity contribution in [2.24, 2.45) is 5.92 Å². The lowest BCUT2D eigenvalue weighted by Crippen LogP contribution is -2.39. The number of nitrogens with zero attached hydrogens (tertiary/aromatic N) is 1. The summed E-state index contributed by atoms with van der Waals surface area (Å²) in [6, 6.07) is 0. The fourth-order valence-electron chi connectivity index (χ4n) is 2.05. The van der Waals surface area contributed by atoms with Gasteiger partial charge < -0.3 is 9.64 Å². The van der Waals surface area contributed by atoms with E-state index in [1.54, 1.807) is 0 Å². The Hall–Kier alpha value is -0.220. The van der Waals surface area contributed by atoms with E-state index in [0.29, 0.717) is 0 Å². The summed E-state index contributed by atoms with van der Waals surface area (Å²) in [4.78, 5) is 13.8. The molecule has 3 nitrogen and oxygen atoms in total. The zero-order valence-corrected chi connectivity index (χ0v) is 10.5. The second-order valence-electron chi connectivity index (χ2n) is 4.01. The molecular formula is C11H21NO2S. The fraction of sp³-hybridized carbons (Fsp3) is 0.909. The van der Waals surface area contributed by atoms with Gasteiger partial charge in [0.05, 0.1) is 13.0 Å². The minimum absolute atomic E-state index is 0.0374. The Kier molecular flexibility index (Phi) is 6.10. The summed E-state index contributed by atoms with van der Waals surface area (Å²) >= 11 is 1.88. The third kappa shape index (κ3) is 4.43. The monoisotopic (exact) mass is 231 g/mol. The molecule has 0 aromatic heterocycles. The third-order valence-electron chi connectivity index (χ3n) is 2.86. The first-order chi connectivity index (χ1) is 7.27. The minimum atomic E-state index is -0.0374. The second kappa shape index (κ2) is 7.12. The van der Waals surface area contributed by atoms with Crippen molar-refractivity contribution in [1.82, 2.24) is 4.90 Å². The Balaban J connectivity index is 2.26. The van der Waals surface area contributed by atoms with Gasteiger partial charge in [0.25, 0.3) is 0 Å². The molecule has 1 unspecified atom stereocenters. The first-order valence-corrected chi connectivity index (χ1v) is 6.96. The number of likely N-dealkylation sites (tertiary alicyclic amines) is 1. The topological polar surface area (TPSA) is 29.5 Å². The van der Waals surface area contributed by atoms with Crippen LogP contribution in [0.4, 0.5) is 0 Å². The summed E-state index contributed by atoms with van der Waals surface area (Å²) in [6.07, 6.45) is 5.47. The number of hydrogen-bond acceptors (Lipinski definition) is 4. The van der Waals surface area contributed by atoms with Gasteiger partial charge >= 0.3 is 5.97 Å². The van der Waals surface area contributed by atoms with Crippen molar-refractivity contribution in [3.63, 3.8) is 0 Å². The van der Waals surface area contributed by atoms with Crippen molar-refractivity contribution < 1.29 is 9.53 Å². The van der Waals surface area contributed by atoms with Crippen molar-refractivity contribution in [2.45, 2.75) is 19.3 Å². The predicted molar refractivity (Wildman–Crippen MR) is 64.2 cm³/mol. The molecule has 0 saturated carbocycles. The van der Waals surface area contributed by atoms with Crippen molar-refractivity contribution in [3.05, 3.63) is 0 Å². The van der Waals surface area contributed by atoms with Crippen LogP contribution >= 0.6 is 11.8 Å². The van der Waals surface area contributed by atoms with E-state index >= 15 is 0 Å². The number of ether oxygens (including phenoxy) is 1. The Morgan fingerprint density at radius 1 is 1.60 bits per heavy atom. The summed E-state index contributed by atoms with van der Waals surface area (Å²) in [6.45, 7) is 3.15. The molecule has 0 radical (unpaired) electrons. The molecule has 0 aromatic carbocycles. The Labute approximate surface area is 96.5 Å². The zero-order valence-electron chi connectivity index (χ0n) is 9.70. The van der Waals surface area contributed by atoms with Gasteiger partial charge in [0.1, 0.15) is 0 Å². The minimum Gasteiger partial charge on any atom is -0.469 e. The smallest absolute Gasteiger partial charge is 0.309 e. The highest BCUT2D eigenvalue weighted by Gasteiger charge is 2.25. The Bertz CT molecular complexity index is 199. The van der Waals surface area contributed by atoms with Gasteiger partial charge in [0.2, 0.25) is 0 Å². The molecule has 4 heteroatoms. The van der Waals surface area contributed by atoms with Gasteiger partial charge in [-0.3, -0.25) is 4.79 Å². The third-order valence-corrected chi connectivity index (χ3v) is 3.56. The van der Waals surface area contributed by atoms with E-state index in [9.17, 15) is 4.79 Å².